The van der Waals surface area contributed by atoms with Crippen molar-refractivity contribution >= 4 is 17.6 Å². The molecule has 0 saturated carbocycles. The largest absolute Gasteiger partial charge is 0.491 e. The number of anilines is 1. The Morgan fingerprint density at radius 2 is 1.95 bits per heavy atom. The van der Waals surface area contributed by atoms with Gasteiger partial charge in [0, 0.05) is 24.0 Å². The molecule has 4 nitrogen and oxygen atoms in total. The summed E-state index contributed by atoms with van der Waals surface area (Å²) in [6, 6.07) is 11.9. The van der Waals surface area contributed by atoms with E-state index in [-0.39, 0.29) is 0 Å². The first-order chi connectivity index (χ1) is 9.78. The van der Waals surface area contributed by atoms with E-state index in [0.717, 1.165) is 11.5 Å². The number of rotatable bonds is 7. The standard InChI is InChI=1S/C15H18N2O2S/c1-18-8-9-19-13-2-4-14(5-3-13)20-11-12-6-7-17-15(16)10-12/h2-7,10H,8-9,11H2,1H3,(H2,16,17). The van der Waals surface area contributed by atoms with E-state index >= 15 is 0 Å². The lowest BCUT2D eigenvalue weighted by molar-refractivity contribution is 0.146. The molecule has 0 amide bonds. The van der Waals surface area contributed by atoms with E-state index in [9.17, 15) is 0 Å². The molecule has 0 aliphatic rings. The molecule has 2 N–H and O–H groups in total. The zero-order valence-corrected chi connectivity index (χ0v) is 12.2. The quantitative estimate of drug-likeness (QED) is 0.627. The molecule has 1 aromatic carbocycles. The molecule has 2 aromatic rings. The summed E-state index contributed by atoms with van der Waals surface area (Å²) < 4.78 is 10.5. The summed E-state index contributed by atoms with van der Waals surface area (Å²) in [5, 5.41) is 0. The Hall–Kier alpha value is -1.72. The minimum Gasteiger partial charge on any atom is -0.491 e. The number of pyridine rings is 1. The number of nitrogens with zero attached hydrogens (tertiary/aromatic N) is 1. The molecule has 0 unspecified atom stereocenters. The van der Waals surface area contributed by atoms with Gasteiger partial charge < -0.3 is 15.2 Å². The predicted octanol–water partition coefficient (Wildman–Crippen LogP) is 2.98. The Labute approximate surface area is 123 Å². The second-order valence-corrected chi connectivity index (χ2v) is 5.24. The highest BCUT2D eigenvalue weighted by Gasteiger charge is 1.99. The second kappa shape index (κ2) is 7.77. The van der Waals surface area contributed by atoms with Crippen LogP contribution in [0, 0.1) is 0 Å². The first-order valence-corrected chi connectivity index (χ1v) is 7.31. The molecule has 106 valence electrons. The Morgan fingerprint density at radius 3 is 2.65 bits per heavy atom. The van der Waals surface area contributed by atoms with Gasteiger partial charge in [-0.1, -0.05) is 0 Å². The van der Waals surface area contributed by atoms with Gasteiger partial charge >= 0.3 is 0 Å². The van der Waals surface area contributed by atoms with Crippen molar-refractivity contribution in [2.24, 2.45) is 0 Å². The zero-order valence-electron chi connectivity index (χ0n) is 11.4. The van der Waals surface area contributed by atoms with Gasteiger partial charge in [-0.25, -0.2) is 4.98 Å². The molecule has 0 atom stereocenters. The van der Waals surface area contributed by atoms with E-state index in [1.54, 1.807) is 25.1 Å². The van der Waals surface area contributed by atoms with Crippen LogP contribution >= 0.6 is 11.8 Å². The molecule has 20 heavy (non-hydrogen) atoms. The number of aromatic nitrogens is 1. The molecular formula is C15H18N2O2S. The summed E-state index contributed by atoms with van der Waals surface area (Å²) in [5.41, 5.74) is 6.83. The number of ether oxygens (including phenoxy) is 2. The summed E-state index contributed by atoms with van der Waals surface area (Å²) in [4.78, 5) is 5.18. The highest BCUT2D eigenvalue weighted by molar-refractivity contribution is 7.98. The summed E-state index contributed by atoms with van der Waals surface area (Å²) >= 11 is 1.76. The molecule has 2 rings (SSSR count). The Kier molecular flexibility index (Phi) is 5.70. The normalized spacial score (nSPS) is 10.4. The van der Waals surface area contributed by atoms with Crippen molar-refractivity contribution in [2.45, 2.75) is 10.6 Å². The molecular weight excluding hydrogens is 272 g/mol. The molecule has 1 aromatic heterocycles. The summed E-state index contributed by atoms with van der Waals surface area (Å²) in [7, 11) is 1.66. The van der Waals surface area contributed by atoms with Crippen molar-refractivity contribution in [3.8, 4) is 5.75 Å². The summed E-state index contributed by atoms with van der Waals surface area (Å²) in [6.07, 6.45) is 1.73. The molecule has 5 heteroatoms. The van der Waals surface area contributed by atoms with Crippen LogP contribution in [-0.4, -0.2) is 25.3 Å². The van der Waals surface area contributed by atoms with Crippen molar-refractivity contribution in [1.29, 1.82) is 0 Å². The van der Waals surface area contributed by atoms with Crippen LogP contribution in [0.1, 0.15) is 5.56 Å². The van der Waals surface area contributed by atoms with Gasteiger partial charge in [-0.05, 0) is 42.0 Å². The number of benzene rings is 1. The van der Waals surface area contributed by atoms with E-state index < -0.39 is 0 Å². The second-order valence-electron chi connectivity index (χ2n) is 4.19. The van der Waals surface area contributed by atoms with Crippen molar-refractivity contribution in [1.82, 2.24) is 4.98 Å². The van der Waals surface area contributed by atoms with Crippen LogP contribution in [0.4, 0.5) is 5.82 Å². The molecule has 0 saturated heterocycles. The third kappa shape index (κ3) is 4.75. The first kappa shape index (κ1) is 14.7. The van der Waals surface area contributed by atoms with E-state index in [4.69, 9.17) is 15.2 Å². The fourth-order valence-electron chi connectivity index (χ4n) is 1.63. The van der Waals surface area contributed by atoms with Crippen LogP contribution < -0.4 is 10.5 Å². The van der Waals surface area contributed by atoms with Gasteiger partial charge in [0.2, 0.25) is 0 Å². The van der Waals surface area contributed by atoms with Crippen LogP contribution in [0.5, 0.6) is 5.75 Å². The Bertz CT molecular complexity index is 532. The van der Waals surface area contributed by atoms with E-state index in [1.165, 1.54) is 10.5 Å². The average molecular weight is 290 g/mol. The number of thioether (sulfide) groups is 1. The van der Waals surface area contributed by atoms with Gasteiger partial charge in [0.1, 0.15) is 18.2 Å². The lowest BCUT2D eigenvalue weighted by atomic mass is 10.3. The third-order valence-electron chi connectivity index (χ3n) is 2.63. The molecule has 0 radical (unpaired) electrons. The zero-order chi connectivity index (χ0) is 14.2. The monoisotopic (exact) mass is 290 g/mol. The number of hydrogen-bond acceptors (Lipinski definition) is 5. The molecule has 1 heterocycles. The molecule has 0 aliphatic carbocycles. The first-order valence-electron chi connectivity index (χ1n) is 6.33. The van der Waals surface area contributed by atoms with Crippen LogP contribution in [-0.2, 0) is 10.5 Å². The smallest absolute Gasteiger partial charge is 0.123 e. The number of nitrogen functional groups attached to an aromatic ring is 1. The SMILES string of the molecule is COCCOc1ccc(SCc2ccnc(N)c2)cc1. The lowest BCUT2D eigenvalue weighted by Gasteiger charge is -2.07. The minimum absolute atomic E-state index is 0.560. The van der Waals surface area contributed by atoms with Gasteiger partial charge in [0.25, 0.3) is 0 Å². The minimum atomic E-state index is 0.560. The Balaban J connectivity index is 1.84. The van der Waals surface area contributed by atoms with Gasteiger partial charge in [0.05, 0.1) is 6.61 Å². The van der Waals surface area contributed by atoms with Crippen molar-refractivity contribution < 1.29 is 9.47 Å². The number of methoxy groups -OCH3 is 1. The molecule has 0 aliphatic heterocycles. The van der Waals surface area contributed by atoms with Crippen molar-refractivity contribution in [3.63, 3.8) is 0 Å². The predicted molar refractivity (Wildman–Crippen MR) is 82.0 cm³/mol. The lowest BCUT2D eigenvalue weighted by Crippen LogP contribution is -2.03. The average Bonchev–Trinajstić information content (AvgIpc) is 2.47. The van der Waals surface area contributed by atoms with Gasteiger partial charge in [-0.2, -0.15) is 0 Å². The van der Waals surface area contributed by atoms with Crippen LogP contribution in [0.25, 0.3) is 0 Å². The third-order valence-corrected chi connectivity index (χ3v) is 3.71. The van der Waals surface area contributed by atoms with Gasteiger partial charge in [0.15, 0.2) is 0 Å². The van der Waals surface area contributed by atoms with Crippen LogP contribution in [0.15, 0.2) is 47.5 Å². The maximum Gasteiger partial charge on any atom is 0.123 e. The molecule has 0 fully saturated rings. The van der Waals surface area contributed by atoms with Crippen molar-refractivity contribution in [3.05, 3.63) is 48.2 Å². The summed E-state index contributed by atoms with van der Waals surface area (Å²) in [5.74, 6) is 2.29. The van der Waals surface area contributed by atoms with Crippen LogP contribution in [0.3, 0.4) is 0 Å². The topological polar surface area (TPSA) is 57.4 Å². The van der Waals surface area contributed by atoms with Gasteiger partial charge in [-0.3, -0.25) is 0 Å². The summed E-state index contributed by atoms with van der Waals surface area (Å²) in [6.45, 7) is 1.17. The van der Waals surface area contributed by atoms with Crippen molar-refractivity contribution in [2.75, 3.05) is 26.1 Å². The number of hydrogen-bond donors (Lipinski definition) is 1. The number of nitrogens with two attached hydrogens (primary N) is 1. The Morgan fingerprint density at radius 1 is 1.15 bits per heavy atom. The fourth-order valence-corrected chi connectivity index (χ4v) is 2.47. The fraction of sp³-hybridized carbons (Fsp3) is 0.267. The van der Waals surface area contributed by atoms with Crippen LogP contribution in [0.2, 0.25) is 0 Å². The maximum absolute atomic E-state index is 5.66. The molecule has 0 spiro atoms. The van der Waals surface area contributed by atoms with E-state index in [1.807, 2.05) is 24.3 Å². The maximum atomic E-state index is 5.66. The highest BCUT2D eigenvalue weighted by atomic mass is 32.2. The molecule has 0 bridgehead atoms. The van der Waals surface area contributed by atoms with E-state index in [0.29, 0.717) is 19.0 Å². The highest BCUT2D eigenvalue weighted by Crippen LogP contribution is 2.25. The van der Waals surface area contributed by atoms with Gasteiger partial charge in [-0.15, -0.1) is 11.8 Å². The van der Waals surface area contributed by atoms with E-state index in [2.05, 4.69) is 17.1 Å².